The van der Waals surface area contributed by atoms with Crippen molar-refractivity contribution in [2.45, 2.75) is 26.0 Å². The number of esters is 1. The second kappa shape index (κ2) is 7.43. The molecule has 0 radical (unpaired) electrons. The van der Waals surface area contributed by atoms with Crippen molar-refractivity contribution in [2.75, 3.05) is 11.5 Å². The molecule has 3 atom stereocenters. The van der Waals surface area contributed by atoms with E-state index in [0.29, 0.717) is 0 Å². The Labute approximate surface area is 98.2 Å². The van der Waals surface area contributed by atoms with Crippen LogP contribution in [0.5, 0.6) is 0 Å². The summed E-state index contributed by atoms with van der Waals surface area (Å²) in [4.78, 5) is 21.9. The molecule has 6 heteroatoms. The number of rotatable bonds is 7. The van der Waals surface area contributed by atoms with Crippen LogP contribution in [0.3, 0.4) is 0 Å². The lowest BCUT2D eigenvalue weighted by Gasteiger charge is -2.22. The summed E-state index contributed by atoms with van der Waals surface area (Å²) in [6, 6.07) is -0.933. The number of ketones is 1. The predicted octanol–water partition coefficient (Wildman–Crippen LogP) is -0.231. The van der Waals surface area contributed by atoms with Crippen LogP contribution < -0.4 is 5.73 Å². The molecule has 0 aromatic heterocycles. The lowest BCUT2D eigenvalue weighted by atomic mass is 10.1. The first kappa shape index (κ1) is 15.2. The summed E-state index contributed by atoms with van der Waals surface area (Å²) in [6.07, 6.45) is 0.663. The molecule has 2 N–H and O–H groups in total. The zero-order chi connectivity index (χ0) is 12.7. The molecule has 0 fully saturated rings. The molecular formula is C10H17NO4S. The van der Waals surface area contributed by atoms with Gasteiger partial charge in [0.25, 0.3) is 0 Å². The van der Waals surface area contributed by atoms with Gasteiger partial charge in [-0.05, 0) is 24.2 Å². The number of ether oxygens (including phenoxy) is 1. The van der Waals surface area contributed by atoms with Crippen LogP contribution in [0.2, 0.25) is 0 Å². The quantitative estimate of drug-likeness (QED) is 0.381. The van der Waals surface area contributed by atoms with E-state index in [2.05, 4.69) is 6.58 Å². The number of hydrogen-bond donors (Lipinski definition) is 1. The van der Waals surface area contributed by atoms with Gasteiger partial charge in [0.15, 0.2) is 6.10 Å². The first-order valence-corrected chi connectivity index (χ1v) is 6.26. The molecule has 0 spiro atoms. The Balaban J connectivity index is 4.47. The molecular weight excluding hydrogens is 230 g/mol. The van der Waals surface area contributed by atoms with Crippen LogP contribution in [0.4, 0.5) is 0 Å². The van der Waals surface area contributed by atoms with Crippen molar-refractivity contribution in [3.05, 3.63) is 12.7 Å². The fourth-order valence-corrected chi connectivity index (χ4v) is 2.11. The maximum Gasteiger partial charge on any atom is 0.303 e. The first-order valence-electron chi connectivity index (χ1n) is 4.77. The van der Waals surface area contributed by atoms with Gasteiger partial charge < -0.3 is 15.0 Å². The van der Waals surface area contributed by atoms with E-state index in [1.807, 2.05) is 0 Å². The summed E-state index contributed by atoms with van der Waals surface area (Å²) < 4.78 is 16.3. The van der Waals surface area contributed by atoms with Gasteiger partial charge in [0.1, 0.15) is 23.3 Å². The van der Waals surface area contributed by atoms with Crippen LogP contribution in [0, 0.1) is 0 Å². The van der Waals surface area contributed by atoms with E-state index in [1.54, 1.807) is 0 Å². The van der Waals surface area contributed by atoms with Crippen LogP contribution in [0.15, 0.2) is 12.7 Å². The summed E-state index contributed by atoms with van der Waals surface area (Å²) in [5, 5.41) is 0. The van der Waals surface area contributed by atoms with Crippen molar-refractivity contribution in [1.29, 1.82) is 0 Å². The van der Waals surface area contributed by atoms with Gasteiger partial charge in [0.2, 0.25) is 0 Å². The molecule has 0 aromatic carbocycles. The molecule has 0 amide bonds. The standard InChI is InChI=1S/C10H17NO4S/c1-4-5-16(14)6-9(15-8(3)13)10(11)7(2)12/h4,9-10H,1,5-6,11H2,2-3H3. The van der Waals surface area contributed by atoms with E-state index in [1.165, 1.54) is 19.9 Å². The van der Waals surface area contributed by atoms with Crippen LogP contribution in [0.25, 0.3) is 0 Å². The highest BCUT2D eigenvalue weighted by Crippen LogP contribution is 2.05. The van der Waals surface area contributed by atoms with Crippen LogP contribution in [0.1, 0.15) is 13.8 Å². The number of Topliss-reactive ketones (excluding diaryl/α,β-unsaturated/α-hetero) is 1. The summed E-state index contributed by atoms with van der Waals surface area (Å²) in [6.45, 7) is 5.97. The zero-order valence-corrected chi connectivity index (χ0v) is 10.3. The molecule has 92 valence electrons. The Hall–Kier alpha value is -0.850. The molecule has 0 saturated carbocycles. The van der Waals surface area contributed by atoms with Crippen molar-refractivity contribution < 1.29 is 18.9 Å². The normalized spacial score (nSPS) is 16.0. The van der Waals surface area contributed by atoms with E-state index in [9.17, 15) is 14.1 Å². The van der Waals surface area contributed by atoms with E-state index in [4.69, 9.17) is 10.5 Å². The summed E-state index contributed by atoms with van der Waals surface area (Å²) in [7, 11) is 0. The predicted molar refractivity (Wildman–Crippen MR) is 62.3 cm³/mol. The SMILES string of the molecule is C=CC[S+]([O-])CC(OC(C)=O)C(N)C(C)=O. The van der Waals surface area contributed by atoms with Gasteiger partial charge in [-0.1, -0.05) is 6.58 Å². The average Bonchev–Trinajstić information content (AvgIpc) is 2.15. The smallest absolute Gasteiger partial charge is 0.303 e. The van der Waals surface area contributed by atoms with Crippen molar-refractivity contribution in [1.82, 2.24) is 0 Å². The largest absolute Gasteiger partial charge is 0.616 e. The van der Waals surface area contributed by atoms with Crippen LogP contribution in [-0.2, 0) is 25.5 Å². The highest BCUT2D eigenvalue weighted by atomic mass is 32.2. The molecule has 0 bridgehead atoms. The molecule has 0 heterocycles. The lowest BCUT2D eigenvalue weighted by molar-refractivity contribution is -0.147. The fourth-order valence-electron chi connectivity index (χ4n) is 1.07. The fraction of sp³-hybridized carbons (Fsp3) is 0.600. The minimum absolute atomic E-state index is 0.0480. The zero-order valence-electron chi connectivity index (χ0n) is 9.47. The Kier molecular flexibility index (Phi) is 7.03. The molecule has 5 nitrogen and oxygen atoms in total. The molecule has 0 aliphatic carbocycles. The topological polar surface area (TPSA) is 92.4 Å². The Morgan fingerprint density at radius 3 is 2.50 bits per heavy atom. The van der Waals surface area contributed by atoms with Gasteiger partial charge in [0.05, 0.1) is 0 Å². The molecule has 0 saturated heterocycles. The van der Waals surface area contributed by atoms with Gasteiger partial charge >= 0.3 is 5.97 Å². The minimum Gasteiger partial charge on any atom is -0.616 e. The maximum atomic E-state index is 11.4. The van der Waals surface area contributed by atoms with E-state index in [-0.39, 0.29) is 17.3 Å². The maximum absolute atomic E-state index is 11.4. The minimum atomic E-state index is -1.23. The van der Waals surface area contributed by atoms with Gasteiger partial charge in [0, 0.05) is 6.92 Å². The first-order chi connectivity index (χ1) is 7.38. The molecule has 0 rings (SSSR count). The second-order valence-corrected chi connectivity index (χ2v) is 4.89. The third-order valence-corrected chi connectivity index (χ3v) is 3.15. The highest BCUT2D eigenvalue weighted by Gasteiger charge is 2.28. The van der Waals surface area contributed by atoms with Crippen molar-refractivity contribution in [3.8, 4) is 0 Å². The second-order valence-electron chi connectivity index (χ2n) is 3.35. The number of carbonyl (C=O) groups excluding carboxylic acids is 2. The molecule has 3 unspecified atom stereocenters. The van der Waals surface area contributed by atoms with E-state index >= 15 is 0 Å². The molecule has 0 aliphatic rings. The Morgan fingerprint density at radius 2 is 2.12 bits per heavy atom. The Morgan fingerprint density at radius 1 is 1.56 bits per heavy atom. The number of carbonyl (C=O) groups is 2. The third kappa shape index (κ3) is 5.89. The molecule has 0 aliphatic heterocycles. The van der Waals surface area contributed by atoms with E-state index < -0.39 is 29.3 Å². The van der Waals surface area contributed by atoms with Gasteiger partial charge in [-0.2, -0.15) is 0 Å². The van der Waals surface area contributed by atoms with Crippen LogP contribution in [-0.4, -0.2) is 40.0 Å². The van der Waals surface area contributed by atoms with Gasteiger partial charge in [-0.3, -0.25) is 9.59 Å². The summed E-state index contributed by atoms with van der Waals surface area (Å²) in [5.74, 6) is -0.520. The third-order valence-electron chi connectivity index (χ3n) is 1.84. The summed E-state index contributed by atoms with van der Waals surface area (Å²) in [5.41, 5.74) is 5.57. The number of nitrogens with two attached hydrogens (primary N) is 1. The molecule has 0 aromatic rings. The lowest BCUT2D eigenvalue weighted by Crippen LogP contribution is -2.47. The van der Waals surface area contributed by atoms with Gasteiger partial charge in [-0.15, -0.1) is 0 Å². The highest BCUT2D eigenvalue weighted by molar-refractivity contribution is 7.91. The van der Waals surface area contributed by atoms with E-state index in [0.717, 1.165) is 0 Å². The number of hydrogen-bond acceptors (Lipinski definition) is 5. The van der Waals surface area contributed by atoms with Crippen LogP contribution >= 0.6 is 0 Å². The van der Waals surface area contributed by atoms with Gasteiger partial charge in [-0.25, -0.2) is 0 Å². The van der Waals surface area contributed by atoms with Crippen molar-refractivity contribution in [3.63, 3.8) is 0 Å². The molecule has 16 heavy (non-hydrogen) atoms. The monoisotopic (exact) mass is 247 g/mol. The average molecular weight is 247 g/mol. The Bertz CT molecular complexity index is 270. The van der Waals surface area contributed by atoms with Crippen molar-refractivity contribution >= 4 is 22.9 Å². The van der Waals surface area contributed by atoms with Crippen molar-refractivity contribution in [2.24, 2.45) is 5.73 Å². The summed E-state index contributed by atoms with van der Waals surface area (Å²) >= 11 is -1.23.